The zero-order chi connectivity index (χ0) is 9.26. The van der Waals surface area contributed by atoms with Gasteiger partial charge in [0, 0.05) is 19.1 Å². The van der Waals surface area contributed by atoms with Crippen LogP contribution < -0.4 is 5.73 Å². The van der Waals surface area contributed by atoms with Crippen LogP contribution in [0.2, 0.25) is 0 Å². The minimum absolute atomic E-state index is 0.345. The van der Waals surface area contributed by atoms with E-state index in [-0.39, 0.29) is 0 Å². The van der Waals surface area contributed by atoms with Crippen LogP contribution in [0.25, 0.3) is 0 Å². The molecular weight excluding hydrogens is 164 g/mol. The van der Waals surface area contributed by atoms with Gasteiger partial charge in [-0.15, -0.1) is 0 Å². The Kier molecular flexibility index (Phi) is 2.38. The fraction of sp³-hybridized carbons (Fsp3) is 0.600. The molecule has 2 atom stereocenters. The second-order valence-electron chi connectivity index (χ2n) is 3.74. The molecule has 0 aliphatic carbocycles. The average molecular weight is 180 g/mol. The fourth-order valence-electron chi connectivity index (χ4n) is 1.88. The molecule has 0 bridgehead atoms. The molecule has 0 amide bonds. The molecule has 1 aromatic rings. The molecule has 72 valence electrons. The summed E-state index contributed by atoms with van der Waals surface area (Å²) in [6.45, 7) is 4.24. The largest absolute Gasteiger partial charge is 0.468 e. The zero-order valence-electron chi connectivity index (χ0n) is 7.94. The standard InChI is InChI=1S/C10H16N2O/c1-8(10-3-2-6-13-10)12-5-4-9(11)7-12/h2-3,6,8-9H,4-5,7,11H2,1H3. The molecular formula is C10H16N2O. The van der Waals surface area contributed by atoms with Crippen molar-refractivity contribution in [2.45, 2.75) is 25.4 Å². The molecule has 0 aromatic carbocycles. The van der Waals surface area contributed by atoms with Crippen molar-refractivity contribution in [3.63, 3.8) is 0 Å². The van der Waals surface area contributed by atoms with Crippen molar-refractivity contribution in [2.75, 3.05) is 13.1 Å². The summed E-state index contributed by atoms with van der Waals surface area (Å²) in [6.07, 6.45) is 2.83. The maximum Gasteiger partial charge on any atom is 0.120 e. The molecule has 13 heavy (non-hydrogen) atoms. The average Bonchev–Trinajstić information content (AvgIpc) is 2.72. The van der Waals surface area contributed by atoms with Crippen molar-refractivity contribution < 1.29 is 4.42 Å². The van der Waals surface area contributed by atoms with E-state index in [0.29, 0.717) is 12.1 Å². The minimum atomic E-state index is 0.345. The lowest BCUT2D eigenvalue weighted by Crippen LogP contribution is -2.28. The highest BCUT2D eigenvalue weighted by molar-refractivity contribution is 5.04. The van der Waals surface area contributed by atoms with Gasteiger partial charge in [-0.25, -0.2) is 0 Å². The third kappa shape index (κ3) is 1.76. The molecule has 3 heteroatoms. The molecule has 0 spiro atoms. The highest BCUT2D eigenvalue weighted by atomic mass is 16.3. The molecule has 2 heterocycles. The van der Waals surface area contributed by atoms with E-state index in [2.05, 4.69) is 11.8 Å². The second-order valence-corrected chi connectivity index (χ2v) is 3.74. The molecule has 1 aliphatic rings. The molecule has 1 fully saturated rings. The van der Waals surface area contributed by atoms with Gasteiger partial charge in [0.25, 0.3) is 0 Å². The Labute approximate surface area is 78.5 Å². The molecule has 0 saturated carbocycles. The highest BCUT2D eigenvalue weighted by Crippen LogP contribution is 2.23. The first kappa shape index (κ1) is 8.78. The molecule has 2 unspecified atom stereocenters. The van der Waals surface area contributed by atoms with E-state index < -0.39 is 0 Å². The van der Waals surface area contributed by atoms with Gasteiger partial charge in [0.1, 0.15) is 5.76 Å². The molecule has 0 radical (unpaired) electrons. The van der Waals surface area contributed by atoms with Gasteiger partial charge in [-0.3, -0.25) is 4.90 Å². The first-order chi connectivity index (χ1) is 6.27. The number of nitrogens with zero attached hydrogens (tertiary/aromatic N) is 1. The van der Waals surface area contributed by atoms with Crippen LogP contribution in [-0.4, -0.2) is 24.0 Å². The summed E-state index contributed by atoms with van der Waals surface area (Å²) in [5.74, 6) is 1.04. The Balaban J connectivity index is 2.02. The Morgan fingerprint density at radius 2 is 2.54 bits per heavy atom. The van der Waals surface area contributed by atoms with Crippen LogP contribution in [0.4, 0.5) is 0 Å². The van der Waals surface area contributed by atoms with Gasteiger partial charge in [0.2, 0.25) is 0 Å². The number of nitrogens with two attached hydrogens (primary N) is 1. The lowest BCUT2D eigenvalue weighted by atomic mass is 10.2. The summed E-state index contributed by atoms with van der Waals surface area (Å²) in [5.41, 5.74) is 5.84. The van der Waals surface area contributed by atoms with E-state index in [4.69, 9.17) is 10.2 Å². The van der Waals surface area contributed by atoms with Crippen LogP contribution >= 0.6 is 0 Å². The number of rotatable bonds is 2. The normalized spacial score (nSPS) is 26.5. The van der Waals surface area contributed by atoms with Gasteiger partial charge in [-0.05, 0) is 25.5 Å². The number of hydrogen-bond acceptors (Lipinski definition) is 3. The summed E-state index contributed by atoms with van der Waals surface area (Å²) >= 11 is 0. The van der Waals surface area contributed by atoms with Gasteiger partial charge in [-0.2, -0.15) is 0 Å². The number of hydrogen-bond donors (Lipinski definition) is 1. The first-order valence-corrected chi connectivity index (χ1v) is 4.80. The first-order valence-electron chi connectivity index (χ1n) is 4.80. The van der Waals surface area contributed by atoms with Crippen molar-refractivity contribution in [3.05, 3.63) is 24.2 Å². The van der Waals surface area contributed by atoms with E-state index in [0.717, 1.165) is 25.3 Å². The molecule has 1 saturated heterocycles. The van der Waals surface area contributed by atoms with Gasteiger partial charge in [0.05, 0.1) is 12.3 Å². The van der Waals surface area contributed by atoms with Gasteiger partial charge in [-0.1, -0.05) is 0 Å². The monoisotopic (exact) mass is 180 g/mol. The van der Waals surface area contributed by atoms with Crippen molar-refractivity contribution in [1.29, 1.82) is 0 Å². The van der Waals surface area contributed by atoms with Crippen molar-refractivity contribution in [3.8, 4) is 0 Å². The second kappa shape index (κ2) is 3.52. The fourth-order valence-corrected chi connectivity index (χ4v) is 1.88. The topological polar surface area (TPSA) is 42.4 Å². The third-order valence-electron chi connectivity index (χ3n) is 2.76. The van der Waals surface area contributed by atoms with Crippen LogP contribution in [-0.2, 0) is 0 Å². The quantitative estimate of drug-likeness (QED) is 0.747. The summed E-state index contributed by atoms with van der Waals surface area (Å²) in [7, 11) is 0. The van der Waals surface area contributed by atoms with Gasteiger partial charge >= 0.3 is 0 Å². The van der Waals surface area contributed by atoms with E-state index in [1.807, 2.05) is 12.1 Å². The SMILES string of the molecule is CC(c1ccco1)N1CCC(N)C1. The molecule has 2 rings (SSSR count). The highest BCUT2D eigenvalue weighted by Gasteiger charge is 2.25. The van der Waals surface area contributed by atoms with Crippen LogP contribution in [0.1, 0.15) is 25.1 Å². The van der Waals surface area contributed by atoms with Gasteiger partial charge < -0.3 is 10.2 Å². The van der Waals surface area contributed by atoms with E-state index in [1.54, 1.807) is 6.26 Å². The number of likely N-dealkylation sites (tertiary alicyclic amines) is 1. The van der Waals surface area contributed by atoms with E-state index in [1.165, 1.54) is 0 Å². The van der Waals surface area contributed by atoms with Crippen molar-refractivity contribution in [2.24, 2.45) is 5.73 Å². The molecule has 1 aromatic heterocycles. The summed E-state index contributed by atoms with van der Waals surface area (Å²) in [6, 6.07) is 4.66. The zero-order valence-corrected chi connectivity index (χ0v) is 7.94. The Morgan fingerprint density at radius 1 is 1.69 bits per heavy atom. The lowest BCUT2D eigenvalue weighted by Gasteiger charge is -2.21. The van der Waals surface area contributed by atoms with Crippen molar-refractivity contribution in [1.82, 2.24) is 4.90 Å². The third-order valence-corrected chi connectivity index (χ3v) is 2.76. The van der Waals surface area contributed by atoms with Crippen LogP contribution in [0.5, 0.6) is 0 Å². The van der Waals surface area contributed by atoms with Gasteiger partial charge in [0.15, 0.2) is 0 Å². The lowest BCUT2D eigenvalue weighted by molar-refractivity contribution is 0.229. The number of furan rings is 1. The summed E-state index contributed by atoms with van der Waals surface area (Å²) < 4.78 is 5.36. The van der Waals surface area contributed by atoms with Crippen LogP contribution in [0.3, 0.4) is 0 Å². The van der Waals surface area contributed by atoms with Crippen LogP contribution in [0.15, 0.2) is 22.8 Å². The summed E-state index contributed by atoms with van der Waals surface area (Å²) in [5, 5.41) is 0. The predicted molar refractivity (Wildman–Crippen MR) is 51.3 cm³/mol. The Bertz CT molecular complexity index is 258. The maximum atomic E-state index is 5.84. The molecule has 2 N–H and O–H groups in total. The van der Waals surface area contributed by atoms with Crippen molar-refractivity contribution >= 4 is 0 Å². The molecule has 1 aliphatic heterocycles. The Morgan fingerprint density at radius 3 is 3.08 bits per heavy atom. The predicted octanol–water partition coefficient (Wildman–Crippen LogP) is 1.37. The smallest absolute Gasteiger partial charge is 0.120 e. The van der Waals surface area contributed by atoms with E-state index in [9.17, 15) is 0 Å². The van der Waals surface area contributed by atoms with Crippen LogP contribution in [0, 0.1) is 0 Å². The maximum absolute atomic E-state index is 5.84. The summed E-state index contributed by atoms with van der Waals surface area (Å²) in [4.78, 5) is 2.36. The Hall–Kier alpha value is -0.800. The van der Waals surface area contributed by atoms with E-state index >= 15 is 0 Å². The molecule has 3 nitrogen and oxygen atoms in total. The minimum Gasteiger partial charge on any atom is -0.468 e.